The lowest BCUT2D eigenvalue weighted by atomic mass is 10.1. The van der Waals surface area contributed by atoms with Crippen molar-refractivity contribution < 1.29 is 12.8 Å². The first-order valence-electron chi connectivity index (χ1n) is 6.58. The summed E-state index contributed by atoms with van der Waals surface area (Å²) in [6.07, 6.45) is 0. The van der Waals surface area contributed by atoms with Crippen LogP contribution in [0.2, 0.25) is 0 Å². The van der Waals surface area contributed by atoms with Gasteiger partial charge in [0.15, 0.2) is 0 Å². The number of nitrogens with zero attached hydrogens (tertiary/aromatic N) is 1. The van der Waals surface area contributed by atoms with Crippen molar-refractivity contribution in [2.75, 3.05) is 0 Å². The maximum absolute atomic E-state index is 13.1. The minimum absolute atomic E-state index is 0.0405. The van der Waals surface area contributed by atoms with Crippen LogP contribution >= 0.6 is 0 Å². The first kappa shape index (κ1) is 16.1. The van der Waals surface area contributed by atoms with E-state index < -0.39 is 21.9 Å². The van der Waals surface area contributed by atoms with Gasteiger partial charge in [-0.05, 0) is 43.2 Å². The molecule has 0 aliphatic rings. The molecule has 0 aromatic heterocycles. The van der Waals surface area contributed by atoms with Crippen molar-refractivity contribution in [2.45, 2.75) is 24.8 Å². The second-order valence-electron chi connectivity index (χ2n) is 5.00. The van der Waals surface area contributed by atoms with Crippen LogP contribution in [0, 0.1) is 31.0 Å². The molecule has 2 aromatic carbocycles. The fourth-order valence-corrected chi connectivity index (χ4v) is 3.42. The van der Waals surface area contributed by atoms with Crippen molar-refractivity contribution in [1.29, 1.82) is 5.26 Å². The van der Waals surface area contributed by atoms with Crippen LogP contribution in [0.4, 0.5) is 4.39 Å². The number of nitriles is 1. The molecular weight excluding hydrogens is 303 g/mol. The number of rotatable bonds is 4. The Labute approximate surface area is 129 Å². The Bertz CT molecular complexity index is 824. The summed E-state index contributed by atoms with van der Waals surface area (Å²) in [6.45, 7) is 3.40. The molecule has 0 bridgehead atoms. The van der Waals surface area contributed by atoms with E-state index in [1.54, 1.807) is 24.3 Å². The maximum atomic E-state index is 13.1. The Balaban J connectivity index is 2.34. The number of nitrogens with one attached hydrogen (secondary N) is 1. The van der Waals surface area contributed by atoms with E-state index in [-0.39, 0.29) is 10.5 Å². The van der Waals surface area contributed by atoms with Crippen LogP contribution in [0.5, 0.6) is 0 Å². The number of halogens is 1. The summed E-state index contributed by atoms with van der Waals surface area (Å²) in [5.74, 6) is -0.508. The zero-order valence-electron chi connectivity index (χ0n) is 12.2. The van der Waals surface area contributed by atoms with Gasteiger partial charge in [0.2, 0.25) is 10.0 Å². The van der Waals surface area contributed by atoms with Gasteiger partial charge in [-0.1, -0.05) is 29.8 Å². The smallest absolute Gasteiger partial charge is 0.207 e. The topological polar surface area (TPSA) is 70.0 Å². The molecule has 22 heavy (non-hydrogen) atoms. The van der Waals surface area contributed by atoms with Gasteiger partial charge in [0.1, 0.15) is 11.9 Å². The van der Waals surface area contributed by atoms with Crippen LogP contribution < -0.4 is 4.72 Å². The number of hydrogen-bond donors (Lipinski definition) is 1. The number of aryl methyl sites for hydroxylation is 2. The molecule has 1 atom stereocenters. The van der Waals surface area contributed by atoms with E-state index in [0.29, 0.717) is 5.56 Å². The summed E-state index contributed by atoms with van der Waals surface area (Å²) in [7, 11) is -3.92. The highest BCUT2D eigenvalue weighted by Crippen LogP contribution is 2.20. The van der Waals surface area contributed by atoms with Gasteiger partial charge >= 0.3 is 0 Å². The van der Waals surface area contributed by atoms with Gasteiger partial charge in [0.05, 0.1) is 11.0 Å². The first-order valence-corrected chi connectivity index (χ1v) is 8.06. The van der Waals surface area contributed by atoms with Gasteiger partial charge in [-0.25, -0.2) is 12.8 Å². The average molecular weight is 318 g/mol. The van der Waals surface area contributed by atoms with E-state index in [0.717, 1.165) is 17.7 Å². The predicted octanol–water partition coefficient (Wildman–Crippen LogP) is 2.99. The largest absolute Gasteiger partial charge is 0.242 e. The van der Waals surface area contributed by atoms with E-state index in [1.165, 1.54) is 13.0 Å². The molecule has 4 nitrogen and oxygen atoms in total. The maximum Gasteiger partial charge on any atom is 0.242 e. The van der Waals surface area contributed by atoms with Gasteiger partial charge < -0.3 is 0 Å². The third-order valence-electron chi connectivity index (χ3n) is 3.24. The standard InChI is InChI=1S/C16H15FN2O2S/c1-11-3-5-13(6-4-11)15(10-18)19-22(20,21)16-8-7-14(17)9-12(16)2/h3-9,15,19H,1-2H3. The van der Waals surface area contributed by atoms with Crippen LogP contribution in [0.25, 0.3) is 0 Å². The fourth-order valence-electron chi connectivity index (χ4n) is 2.06. The van der Waals surface area contributed by atoms with Crippen molar-refractivity contribution in [1.82, 2.24) is 4.72 Å². The number of hydrogen-bond acceptors (Lipinski definition) is 3. The van der Waals surface area contributed by atoms with Crippen LogP contribution in [-0.2, 0) is 10.0 Å². The summed E-state index contributed by atoms with van der Waals surface area (Å²) in [5, 5.41) is 9.24. The molecule has 1 N–H and O–H groups in total. The van der Waals surface area contributed by atoms with Gasteiger partial charge in [-0.2, -0.15) is 9.98 Å². The van der Waals surface area contributed by atoms with Crippen molar-refractivity contribution in [3.05, 3.63) is 65.0 Å². The molecular formula is C16H15FN2O2S. The second kappa shape index (κ2) is 6.26. The minimum atomic E-state index is -3.92. The molecule has 1 unspecified atom stereocenters. The minimum Gasteiger partial charge on any atom is -0.207 e. The summed E-state index contributed by atoms with van der Waals surface area (Å²) in [4.78, 5) is -0.0405. The lowest BCUT2D eigenvalue weighted by molar-refractivity contribution is 0.573. The van der Waals surface area contributed by atoms with Gasteiger partial charge in [0.25, 0.3) is 0 Å². The quantitative estimate of drug-likeness (QED) is 0.942. The number of sulfonamides is 1. The Morgan fingerprint density at radius 2 is 1.77 bits per heavy atom. The lowest BCUT2D eigenvalue weighted by Crippen LogP contribution is -2.28. The average Bonchev–Trinajstić information content (AvgIpc) is 2.45. The van der Waals surface area contributed by atoms with E-state index in [2.05, 4.69) is 4.72 Å². The zero-order chi connectivity index (χ0) is 16.3. The molecule has 114 valence electrons. The molecule has 2 aromatic rings. The normalized spacial score (nSPS) is 12.6. The monoisotopic (exact) mass is 318 g/mol. The third kappa shape index (κ3) is 3.50. The van der Waals surface area contributed by atoms with Gasteiger partial charge in [-0.15, -0.1) is 0 Å². The summed E-state index contributed by atoms with van der Waals surface area (Å²) >= 11 is 0. The summed E-state index contributed by atoms with van der Waals surface area (Å²) in [6, 6.07) is 11.3. The van der Waals surface area contributed by atoms with E-state index >= 15 is 0 Å². The van der Waals surface area contributed by atoms with Gasteiger partial charge in [0, 0.05) is 0 Å². The zero-order valence-corrected chi connectivity index (χ0v) is 13.0. The first-order chi connectivity index (χ1) is 10.3. The summed E-state index contributed by atoms with van der Waals surface area (Å²) in [5.41, 5.74) is 1.85. The van der Waals surface area contributed by atoms with E-state index in [1.807, 2.05) is 13.0 Å². The Morgan fingerprint density at radius 3 is 2.32 bits per heavy atom. The molecule has 2 rings (SSSR count). The van der Waals surface area contributed by atoms with Crippen molar-refractivity contribution in [3.8, 4) is 6.07 Å². The van der Waals surface area contributed by atoms with Crippen molar-refractivity contribution in [2.24, 2.45) is 0 Å². The molecule has 0 aliphatic carbocycles. The highest BCUT2D eigenvalue weighted by Gasteiger charge is 2.22. The van der Waals surface area contributed by atoms with Crippen LogP contribution in [0.3, 0.4) is 0 Å². The van der Waals surface area contributed by atoms with Crippen LogP contribution in [0.1, 0.15) is 22.7 Å². The number of benzene rings is 2. The SMILES string of the molecule is Cc1ccc(C(C#N)NS(=O)(=O)c2ccc(F)cc2C)cc1. The molecule has 0 spiro atoms. The molecule has 0 fully saturated rings. The molecule has 0 saturated carbocycles. The van der Waals surface area contributed by atoms with E-state index in [4.69, 9.17) is 0 Å². The second-order valence-corrected chi connectivity index (χ2v) is 6.69. The van der Waals surface area contributed by atoms with Crippen LogP contribution in [0.15, 0.2) is 47.4 Å². The molecule has 0 heterocycles. The van der Waals surface area contributed by atoms with Crippen molar-refractivity contribution in [3.63, 3.8) is 0 Å². The van der Waals surface area contributed by atoms with Gasteiger partial charge in [-0.3, -0.25) is 0 Å². The Hall–Kier alpha value is -2.23. The highest BCUT2D eigenvalue weighted by atomic mass is 32.2. The highest BCUT2D eigenvalue weighted by molar-refractivity contribution is 7.89. The molecule has 0 amide bonds. The molecule has 0 radical (unpaired) electrons. The van der Waals surface area contributed by atoms with Crippen LogP contribution in [-0.4, -0.2) is 8.42 Å². The third-order valence-corrected chi connectivity index (χ3v) is 4.82. The predicted molar refractivity (Wildman–Crippen MR) is 81.0 cm³/mol. The summed E-state index contributed by atoms with van der Waals surface area (Å²) < 4.78 is 40.2. The van der Waals surface area contributed by atoms with E-state index in [9.17, 15) is 18.1 Å². The molecule has 0 aliphatic heterocycles. The Morgan fingerprint density at radius 1 is 1.14 bits per heavy atom. The fraction of sp³-hybridized carbons (Fsp3) is 0.188. The Kier molecular flexibility index (Phi) is 4.59. The van der Waals surface area contributed by atoms with Crippen molar-refractivity contribution >= 4 is 10.0 Å². The molecule has 0 saturated heterocycles. The lowest BCUT2D eigenvalue weighted by Gasteiger charge is -2.14. The molecule has 6 heteroatoms.